The van der Waals surface area contributed by atoms with Crippen LogP contribution in [0.25, 0.3) is 99.1 Å². The normalized spacial score (nSPS) is 18.3. The van der Waals surface area contributed by atoms with Gasteiger partial charge in [-0.25, -0.2) is 0 Å². The van der Waals surface area contributed by atoms with Crippen molar-refractivity contribution in [3.63, 3.8) is 0 Å². The molecule has 0 saturated heterocycles. The van der Waals surface area contributed by atoms with Crippen LogP contribution in [0, 0.1) is 5.92 Å². The van der Waals surface area contributed by atoms with Gasteiger partial charge in [-0.3, -0.25) is 0 Å². The van der Waals surface area contributed by atoms with Gasteiger partial charge >= 0.3 is 0 Å². The first-order valence-corrected chi connectivity index (χ1v) is 23.2. The molecule has 3 aliphatic rings. The lowest BCUT2D eigenvalue weighted by molar-refractivity contribution is 0.529. The minimum absolute atomic E-state index is 0.270. The van der Waals surface area contributed by atoms with Gasteiger partial charge in [-0.15, -0.1) is 11.8 Å². The highest BCUT2D eigenvalue weighted by molar-refractivity contribution is 8.00. The van der Waals surface area contributed by atoms with Gasteiger partial charge < -0.3 is 4.42 Å². The second-order valence-electron chi connectivity index (χ2n) is 17.7. The van der Waals surface area contributed by atoms with Gasteiger partial charge in [0.25, 0.3) is 0 Å². The fraction of sp³-hybridized carbons (Fsp3) is 0.133. The molecule has 2 heteroatoms. The topological polar surface area (TPSA) is 13.1 Å². The third-order valence-corrected chi connectivity index (χ3v) is 15.8. The zero-order chi connectivity index (χ0) is 40.9. The maximum atomic E-state index is 6.34. The first-order chi connectivity index (χ1) is 30.7. The standard InChI is InChI=1S/C60H44OS/c1-36-30-31-38(56-43-21-7-5-19-41(43)55(37-16-3-2-4-17-37)42-20-6-8-22-44(42)56)35-51-59-49(27-15-29-54(59)62-60(36)51)58-47-25-11-9-23-45(47)57(46-24-10-12-26-48(46)58)39-32-33-53-50(34-39)40-18-13-14-28-52(40)61-53/h2-12,14-17,19-29,32-36,38,60H,13,18,30-31H2,1H3. The van der Waals surface area contributed by atoms with Crippen LogP contribution in [0.5, 0.6) is 0 Å². The number of aryl methyl sites for hydroxylation is 1. The van der Waals surface area contributed by atoms with Gasteiger partial charge in [-0.1, -0.05) is 165 Å². The number of fused-ring (bicyclic) bond motifs is 10. The lowest BCUT2D eigenvalue weighted by atomic mass is 9.81. The highest BCUT2D eigenvalue weighted by Gasteiger charge is 2.38. The van der Waals surface area contributed by atoms with Gasteiger partial charge in [-0.2, -0.15) is 0 Å². The summed E-state index contributed by atoms with van der Waals surface area (Å²) in [5, 5.41) is 12.2. The Bertz CT molecular complexity index is 3420. The summed E-state index contributed by atoms with van der Waals surface area (Å²) in [4.78, 5) is 1.40. The van der Waals surface area contributed by atoms with Gasteiger partial charge in [-0.05, 0) is 149 Å². The van der Waals surface area contributed by atoms with E-state index < -0.39 is 0 Å². The summed E-state index contributed by atoms with van der Waals surface area (Å²) >= 11 is 2.10. The van der Waals surface area contributed by atoms with E-state index in [0.717, 1.165) is 30.6 Å². The molecule has 13 rings (SSSR count). The van der Waals surface area contributed by atoms with Crippen molar-refractivity contribution in [2.24, 2.45) is 5.92 Å². The van der Waals surface area contributed by atoms with Crippen molar-refractivity contribution >= 4 is 77.5 Å². The van der Waals surface area contributed by atoms with Crippen molar-refractivity contribution < 1.29 is 4.42 Å². The van der Waals surface area contributed by atoms with Gasteiger partial charge in [0, 0.05) is 27.0 Å². The van der Waals surface area contributed by atoms with Crippen LogP contribution < -0.4 is 0 Å². The second-order valence-corrected chi connectivity index (χ2v) is 18.9. The molecular formula is C60H44OS. The third kappa shape index (κ3) is 5.42. The van der Waals surface area contributed by atoms with E-state index in [1.54, 1.807) is 0 Å². The minimum Gasteiger partial charge on any atom is -0.456 e. The lowest BCUT2D eigenvalue weighted by Crippen LogP contribution is -2.11. The molecule has 3 atom stereocenters. The summed E-state index contributed by atoms with van der Waals surface area (Å²) in [7, 11) is 0. The van der Waals surface area contributed by atoms with E-state index in [0.29, 0.717) is 11.2 Å². The molecule has 0 radical (unpaired) electrons. The first kappa shape index (κ1) is 36.1. The summed E-state index contributed by atoms with van der Waals surface area (Å²) < 4.78 is 6.34. The molecule has 1 aromatic heterocycles. The number of benzene rings is 9. The molecule has 62 heavy (non-hydrogen) atoms. The van der Waals surface area contributed by atoms with Crippen molar-refractivity contribution in [2.45, 2.75) is 48.7 Å². The van der Waals surface area contributed by atoms with Crippen LogP contribution in [0.3, 0.4) is 0 Å². The van der Waals surface area contributed by atoms with E-state index >= 15 is 0 Å². The fourth-order valence-corrected chi connectivity index (χ4v) is 13.0. The molecule has 9 aromatic carbocycles. The van der Waals surface area contributed by atoms with E-state index in [1.165, 1.54) is 115 Å². The molecule has 2 aliphatic carbocycles. The smallest absolute Gasteiger partial charge is 0.135 e. The number of furan rings is 1. The van der Waals surface area contributed by atoms with Crippen molar-refractivity contribution in [3.05, 3.63) is 198 Å². The van der Waals surface area contributed by atoms with Crippen LogP contribution in [0.2, 0.25) is 0 Å². The van der Waals surface area contributed by atoms with E-state index in [1.807, 2.05) is 0 Å². The summed E-state index contributed by atoms with van der Waals surface area (Å²) in [5.74, 6) is 1.82. The highest BCUT2D eigenvalue weighted by atomic mass is 32.2. The predicted molar refractivity (Wildman–Crippen MR) is 265 cm³/mol. The molecule has 0 N–H and O–H groups in total. The Hall–Kier alpha value is -6.61. The van der Waals surface area contributed by atoms with Crippen LogP contribution in [0.1, 0.15) is 54.6 Å². The molecule has 2 heterocycles. The molecule has 3 unspecified atom stereocenters. The van der Waals surface area contributed by atoms with Crippen LogP contribution in [0.15, 0.2) is 185 Å². The maximum absolute atomic E-state index is 6.34. The van der Waals surface area contributed by atoms with Crippen LogP contribution in [-0.2, 0) is 6.42 Å². The van der Waals surface area contributed by atoms with Gasteiger partial charge in [0.15, 0.2) is 0 Å². The van der Waals surface area contributed by atoms with Crippen molar-refractivity contribution in [3.8, 4) is 33.4 Å². The summed E-state index contributed by atoms with van der Waals surface area (Å²) in [6.07, 6.45) is 11.5. The number of hydrogen-bond acceptors (Lipinski definition) is 2. The first-order valence-electron chi connectivity index (χ1n) is 22.4. The largest absolute Gasteiger partial charge is 0.456 e. The number of allylic oxidation sites excluding steroid dienone is 2. The van der Waals surface area contributed by atoms with E-state index in [-0.39, 0.29) is 5.92 Å². The summed E-state index contributed by atoms with van der Waals surface area (Å²) in [5.41, 5.74) is 14.5. The highest BCUT2D eigenvalue weighted by Crippen LogP contribution is 2.57. The quantitative estimate of drug-likeness (QED) is 0.164. The fourth-order valence-electron chi connectivity index (χ4n) is 11.5. The van der Waals surface area contributed by atoms with Gasteiger partial charge in [0.2, 0.25) is 0 Å². The van der Waals surface area contributed by atoms with Crippen LogP contribution in [-0.4, -0.2) is 5.25 Å². The Morgan fingerprint density at radius 1 is 0.516 bits per heavy atom. The Labute approximate surface area is 366 Å². The molecule has 0 spiro atoms. The van der Waals surface area contributed by atoms with Crippen molar-refractivity contribution in [1.29, 1.82) is 0 Å². The number of rotatable bonds is 4. The van der Waals surface area contributed by atoms with E-state index in [2.05, 4.69) is 201 Å². The average Bonchev–Trinajstić information content (AvgIpc) is 3.85. The molecule has 1 aliphatic heterocycles. The molecule has 296 valence electrons. The Morgan fingerprint density at radius 2 is 1.11 bits per heavy atom. The zero-order valence-corrected chi connectivity index (χ0v) is 35.5. The minimum atomic E-state index is 0.270. The van der Waals surface area contributed by atoms with Crippen LogP contribution in [0.4, 0.5) is 0 Å². The lowest BCUT2D eigenvalue weighted by Gasteiger charge is -2.22. The number of hydrogen-bond donors (Lipinski definition) is 0. The predicted octanol–water partition coefficient (Wildman–Crippen LogP) is 17.1. The number of thioether (sulfide) groups is 1. The Balaban J connectivity index is 1.04. The summed E-state index contributed by atoms with van der Waals surface area (Å²) in [6, 6.07) is 61.6. The second kappa shape index (κ2) is 14.2. The van der Waals surface area contributed by atoms with Crippen molar-refractivity contribution in [1.82, 2.24) is 0 Å². The average molecular weight is 813 g/mol. The molecule has 0 bridgehead atoms. The van der Waals surface area contributed by atoms with Gasteiger partial charge in [0.05, 0.1) is 0 Å². The molecule has 0 fully saturated rings. The summed E-state index contributed by atoms with van der Waals surface area (Å²) in [6.45, 7) is 2.50. The monoisotopic (exact) mass is 812 g/mol. The molecule has 1 nitrogen and oxygen atoms in total. The van der Waals surface area contributed by atoms with E-state index in [4.69, 9.17) is 4.42 Å². The third-order valence-electron chi connectivity index (χ3n) is 14.3. The Kier molecular flexibility index (Phi) is 8.28. The SMILES string of the molecule is CC1CCC(c2c3ccccc3c(-c3ccccc3)c3ccccc23)C=C2c3c(cccc3-c3c4ccccc4c(-c4ccc5oc6c(c5c4)CCC=C6)c4ccccc34)SC21. The van der Waals surface area contributed by atoms with E-state index in [9.17, 15) is 0 Å². The zero-order valence-electron chi connectivity index (χ0n) is 34.7. The van der Waals surface area contributed by atoms with Crippen LogP contribution >= 0.6 is 11.8 Å². The molecule has 0 saturated carbocycles. The van der Waals surface area contributed by atoms with Gasteiger partial charge in [0.1, 0.15) is 11.3 Å². The molecular weight excluding hydrogens is 769 g/mol. The molecule has 10 aromatic rings. The van der Waals surface area contributed by atoms with Crippen molar-refractivity contribution in [2.75, 3.05) is 0 Å². The maximum Gasteiger partial charge on any atom is 0.135 e. The molecule has 0 amide bonds. The Morgan fingerprint density at radius 3 is 1.79 bits per heavy atom.